The van der Waals surface area contributed by atoms with Gasteiger partial charge in [0.15, 0.2) is 0 Å². The summed E-state index contributed by atoms with van der Waals surface area (Å²) in [5.41, 5.74) is 4.51. The van der Waals surface area contributed by atoms with E-state index in [-0.39, 0.29) is 23.6 Å². The molecule has 0 saturated carbocycles. The predicted molar refractivity (Wildman–Crippen MR) is 117 cm³/mol. The van der Waals surface area contributed by atoms with E-state index in [2.05, 4.69) is 40.7 Å². The molecule has 3 rings (SSSR count). The third-order valence-electron chi connectivity index (χ3n) is 5.23. The number of pyridine rings is 1. The fourth-order valence-corrected chi connectivity index (χ4v) is 3.57. The molecule has 1 N–H and O–H groups in total. The van der Waals surface area contributed by atoms with Crippen molar-refractivity contribution in [3.8, 4) is 11.1 Å². The van der Waals surface area contributed by atoms with Crippen LogP contribution in [0.5, 0.6) is 0 Å². The zero-order chi connectivity index (χ0) is 22.1. The van der Waals surface area contributed by atoms with Gasteiger partial charge in [-0.1, -0.05) is 52.8 Å². The second kappa shape index (κ2) is 8.68. The van der Waals surface area contributed by atoms with Crippen LogP contribution in [0.4, 0.5) is 4.39 Å². The molecule has 160 valence electrons. The number of rotatable bonds is 4. The highest BCUT2D eigenvalue weighted by Crippen LogP contribution is 2.35. The summed E-state index contributed by atoms with van der Waals surface area (Å²) >= 11 is 0. The van der Waals surface area contributed by atoms with Crippen LogP contribution in [0.15, 0.2) is 36.4 Å². The summed E-state index contributed by atoms with van der Waals surface area (Å²) in [4.78, 5) is 16.6. The Morgan fingerprint density at radius 3 is 2.47 bits per heavy atom. The minimum Gasteiger partial charge on any atom is -0.458 e. The highest BCUT2D eigenvalue weighted by molar-refractivity contribution is 5.78. The lowest BCUT2D eigenvalue weighted by atomic mass is 9.86. The molecule has 0 amide bonds. The van der Waals surface area contributed by atoms with Gasteiger partial charge >= 0.3 is 5.97 Å². The van der Waals surface area contributed by atoms with E-state index in [0.717, 1.165) is 28.1 Å². The number of benzene rings is 1. The number of hydrogen-bond acceptors (Lipinski definition) is 4. The van der Waals surface area contributed by atoms with Crippen LogP contribution in [0.25, 0.3) is 17.2 Å². The van der Waals surface area contributed by atoms with Crippen molar-refractivity contribution in [2.24, 2.45) is 0 Å². The summed E-state index contributed by atoms with van der Waals surface area (Å²) in [5, 5.41) is 9.89. The summed E-state index contributed by atoms with van der Waals surface area (Å²) in [6.07, 6.45) is 2.97. The molecule has 1 fully saturated rings. The number of carbonyl (C=O) groups is 1. The molecule has 4 nitrogen and oxygen atoms in total. The molecule has 1 aliphatic rings. The largest absolute Gasteiger partial charge is 0.458 e. The molecule has 5 heteroatoms. The Balaban J connectivity index is 2.14. The number of carbonyl (C=O) groups excluding carboxylic acids is 1. The van der Waals surface area contributed by atoms with Gasteiger partial charge in [-0.25, -0.2) is 4.39 Å². The Bertz CT molecular complexity index is 942. The number of esters is 1. The van der Waals surface area contributed by atoms with Crippen LogP contribution in [-0.2, 0) is 14.9 Å². The van der Waals surface area contributed by atoms with Crippen LogP contribution in [0, 0.1) is 5.82 Å². The summed E-state index contributed by atoms with van der Waals surface area (Å²) in [7, 11) is 0. The highest BCUT2D eigenvalue weighted by atomic mass is 19.1. The molecule has 0 radical (unpaired) electrons. The van der Waals surface area contributed by atoms with Crippen molar-refractivity contribution in [2.75, 3.05) is 0 Å². The molecule has 0 spiro atoms. The second-order valence-electron chi connectivity index (χ2n) is 9.25. The molecule has 1 aromatic carbocycles. The molecule has 1 aliphatic heterocycles. The number of halogens is 1. The van der Waals surface area contributed by atoms with Crippen molar-refractivity contribution < 1.29 is 19.0 Å². The number of nitrogens with zero attached hydrogens (tertiary/aromatic N) is 1. The van der Waals surface area contributed by atoms with E-state index in [1.165, 1.54) is 12.1 Å². The van der Waals surface area contributed by atoms with Gasteiger partial charge in [-0.15, -0.1) is 0 Å². The lowest BCUT2D eigenvalue weighted by molar-refractivity contribution is -0.156. The molecule has 0 bridgehead atoms. The highest BCUT2D eigenvalue weighted by Gasteiger charge is 2.26. The summed E-state index contributed by atoms with van der Waals surface area (Å²) in [5.74, 6) is -0.522. The SMILES string of the molecule is CC(C)c1nc(C(C)(C)C)cc(-c2ccc(F)cc2)c1C=C[C@@H]1C[C@@H](O)CC(=O)O1. The van der Waals surface area contributed by atoms with E-state index >= 15 is 0 Å². The summed E-state index contributed by atoms with van der Waals surface area (Å²) < 4.78 is 18.9. The standard InChI is InChI=1S/C25H30FNO3/c1-15(2)24-20(11-10-19-12-18(28)13-23(29)30-19)21(14-22(27-24)25(3,4)5)16-6-8-17(26)9-7-16/h6-11,14-15,18-19,28H,12-13H2,1-5H3/t18-,19-/m1/s1. The van der Waals surface area contributed by atoms with Gasteiger partial charge in [-0.2, -0.15) is 0 Å². The topological polar surface area (TPSA) is 59.4 Å². The normalized spacial score (nSPS) is 20.1. The van der Waals surface area contributed by atoms with Crippen LogP contribution in [0.2, 0.25) is 0 Å². The van der Waals surface area contributed by atoms with E-state index in [4.69, 9.17) is 9.72 Å². The first kappa shape index (κ1) is 22.2. The van der Waals surface area contributed by atoms with Gasteiger partial charge in [0.1, 0.15) is 11.9 Å². The van der Waals surface area contributed by atoms with E-state index < -0.39 is 18.2 Å². The third kappa shape index (κ3) is 5.14. The predicted octanol–water partition coefficient (Wildman–Crippen LogP) is 5.39. The lowest BCUT2D eigenvalue weighted by Crippen LogP contribution is -2.31. The number of cyclic esters (lactones) is 1. The number of ether oxygens (including phenoxy) is 1. The first-order chi connectivity index (χ1) is 14.0. The van der Waals surface area contributed by atoms with Crippen molar-refractivity contribution in [1.82, 2.24) is 4.98 Å². The van der Waals surface area contributed by atoms with Gasteiger partial charge in [-0.3, -0.25) is 9.78 Å². The molecular weight excluding hydrogens is 381 g/mol. The smallest absolute Gasteiger partial charge is 0.309 e. The van der Waals surface area contributed by atoms with Crippen LogP contribution >= 0.6 is 0 Å². The number of hydrogen-bond donors (Lipinski definition) is 1. The zero-order valence-electron chi connectivity index (χ0n) is 18.3. The van der Waals surface area contributed by atoms with Gasteiger partial charge in [0, 0.05) is 23.1 Å². The van der Waals surface area contributed by atoms with Crippen LogP contribution in [0.3, 0.4) is 0 Å². The fourth-order valence-electron chi connectivity index (χ4n) is 3.57. The minimum atomic E-state index is -0.691. The average Bonchev–Trinajstić information content (AvgIpc) is 2.65. The van der Waals surface area contributed by atoms with E-state index in [1.54, 1.807) is 12.1 Å². The monoisotopic (exact) mass is 411 g/mol. The molecule has 2 heterocycles. The van der Waals surface area contributed by atoms with Gasteiger partial charge in [-0.05, 0) is 41.3 Å². The maximum Gasteiger partial charge on any atom is 0.309 e. The molecule has 30 heavy (non-hydrogen) atoms. The quantitative estimate of drug-likeness (QED) is 0.686. The van der Waals surface area contributed by atoms with Crippen molar-refractivity contribution in [2.45, 2.75) is 71.0 Å². The first-order valence-corrected chi connectivity index (χ1v) is 10.4. The van der Waals surface area contributed by atoms with Crippen LogP contribution in [-0.4, -0.2) is 28.3 Å². The van der Waals surface area contributed by atoms with Crippen molar-refractivity contribution >= 4 is 12.0 Å². The maximum absolute atomic E-state index is 13.5. The molecule has 2 atom stereocenters. The Hall–Kier alpha value is -2.53. The second-order valence-corrected chi connectivity index (χ2v) is 9.25. The molecule has 1 aromatic heterocycles. The van der Waals surface area contributed by atoms with Crippen molar-refractivity contribution in [1.29, 1.82) is 0 Å². The van der Waals surface area contributed by atoms with Gasteiger partial charge < -0.3 is 9.84 Å². The van der Waals surface area contributed by atoms with Crippen LogP contribution in [0.1, 0.15) is 70.3 Å². The van der Waals surface area contributed by atoms with Crippen molar-refractivity contribution in [3.63, 3.8) is 0 Å². The first-order valence-electron chi connectivity index (χ1n) is 10.4. The Morgan fingerprint density at radius 2 is 1.90 bits per heavy atom. The molecule has 0 aliphatic carbocycles. The van der Waals surface area contributed by atoms with Gasteiger partial charge in [0.2, 0.25) is 0 Å². The van der Waals surface area contributed by atoms with E-state index in [1.807, 2.05) is 12.2 Å². The maximum atomic E-state index is 13.5. The number of aliphatic hydroxyl groups excluding tert-OH is 1. The Kier molecular flexibility index (Phi) is 6.41. The number of aliphatic hydroxyl groups is 1. The van der Waals surface area contributed by atoms with E-state index in [9.17, 15) is 14.3 Å². The molecule has 2 aromatic rings. The summed E-state index contributed by atoms with van der Waals surface area (Å²) in [6.45, 7) is 10.5. The van der Waals surface area contributed by atoms with Crippen LogP contribution < -0.4 is 0 Å². The summed E-state index contributed by atoms with van der Waals surface area (Å²) in [6, 6.07) is 8.50. The van der Waals surface area contributed by atoms with Crippen molar-refractivity contribution in [3.05, 3.63) is 59.2 Å². The third-order valence-corrected chi connectivity index (χ3v) is 5.23. The fraction of sp³-hybridized carbons (Fsp3) is 0.440. The lowest BCUT2D eigenvalue weighted by Gasteiger charge is -2.25. The van der Waals surface area contributed by atoms with Gasteiger partial charge in [0.05, 0.1) is 18.2 Å². The van der Waals surface area contributed by atoms with Gasteiger partial charge in [0.25, 0.3) is 0 Å². The molecular formula is C25H30FNO3. The molecule has 0 unspecified atom stereocenters. The average molecular weight is 412 g/mol. The zero-order valence-corrected chi connectivity index (χ0v) is 18.3. The molecule has 1 saturated heterocycles. The Morgan fingerprint density at radius 1 is 1.23 bits per heavy atom. The number of aromatic nitrogens is 1. The Labute approximate surface area is 177 Å². The van der Waals surface area contributed by atoms with E-state index in [0.29, 0.717) is 6.42 Å². The minimum absolute atomic E-state index is 0.0320.